The lowest BCUT2D eigenvalue weighted by atomic mass is 10.1. The Morgan fingerprint density at radius 1 is 1.00 bits per heavy atom. The number of carbonyl (C=O) groups excluding carboxylic acids is 1. The molecule has 0 bridgehead atoms. The number of hydrogen-bond donors (Lipinski definition) is 1. The van der Waals surface area contributed by atoms with Crippen LogP contribution in [0.4, 0.5) is 17.2 Å². The van der Waals surface area contributed by atoms with Gasteiger partial charge in [0.25, 0.3) is 5.91 Å². The van der Waals surface area contributed by atoms with Crippen LogP contribution < -0.4 is 19.7 Å². The SMILES string of the molecule is COc1cccc(OC)c1C(=O)Nc1ccc(N2CCc3ccccc32)cn1. The summed E-state index contributed by atoms with van der Waals surface area (Å²) in [6.45, 7) is 0.922. The third kappa shape index (κ3) is 3.24. The molecule has 2 heterocycles. The van der Waals surface area contributed by atoms with Crippen molar-refractivity contribution in [3.05, 3.63) is 71.9 Å². The van der Waals surface area contributed by atoms with Crippen molar-refractivity contribution in [1.82, 2.24) is 4.98 Å². The molecule has 1 amide bonds. The van der Waals surface area contributed by atoms with Crippen molar-refractivity contribution in [2.24, 2.45) is 0 Å². The number of nitrogens with zero attached hydrogens (tertiary/aromatic N) is 2. The van der Waals surface area contributed by atoms with Gasteiger partial charge in [0.05, 0.1) is 26.1 Å². The third-order valence-electron chi connectivity index (χ3n) is 4.84. The normalized spacial score (nSPS) is 12.4. The molecule has 1 N–H and O–H groups in total. The average molecular weight is 375 g/mol. The van der Waals surface area contributed by atoms with Gasteiger partial charge in [-0.3, -0.25) is 4.79 Å². The van der Waals surface area contributed by atoms with Crippen LogP contribution in [0.2, 0.25) is 0 Å². The Balaban J connectivity index is 1.54. The van der Waals surface area contributed by atoms with Gasteiger partial charge in [-0.2, -0.15) is 0 Å². The Hall–Kier alpha value is -3.54. The highest BCUT2D eigenvalue weighted by atomic mass is 16.5. The Morgan fingerprint density at radius 3 is 2.43 bits per heavy atom. The van der Waals surface area contributed by atoms with Gasteiger partial charge < -0.3 is 19.7 Å². The lowest BCUT2D eigenvalue weighted by Crippen LogP contribution is -2.16. The number of fused-ring (bicyclic) bond motifs is 1. The summed E-state index contributed by atoms with van der Waals surface area (Å²) < 4.78 is 10.6. The van der Waals surface area contributed by atoms with Gasteiger partial charge in [0.15, 0.2) is 0 Å². The van der Waals surface area contributed by atoms with Crippen LogP contribution in [0.3, 0.4) is 0 Å². The fourth-order valence-electron chi connectivity index (χ4n) is 3.48. The molecule has 6 nitrogen and oxygen atoms in total. The minimum absolute atomic E-state index is 0.332. The van der Waals surface area contributed by atoms with Crippen molar-refractivity contribution in [1.29, 1.82) is 0 Å². The van der Waals surface area contributed by atoms with Gasteiger partial charge in [-0.15, -0.1) is 0 Å². The van der Waals surface area contributed by atoms with E-state index in [1.807, 2.05) is 12.1 Å². The van der Waals surface area contributed by atoms with Gasteiger partial charge in [-0.1, -0.05) is 24.3 Å². The molecule has 0 fully saturated rings. The number of pyridine rings is 1. The molecule has 0 aliphatic carbocycles. The number of amides is 1. The molecule has 1 aliphatic rings. The van der Waals surface area contributed by atoms with Crippen molar-refractivity contribution in [3.8, 4) is 11.5 Å². The second-order valence-corrected chi connectivity index (χ2v) is 6.42. The third-order valence-corrected chi connectivity index (χ3v) is 4.84. The maximum atomic E-state index is 12.8. The van der Waals surface area contributed by atoms with Crippen LogP contribution in [0.1, 0.15) is 15.9 Å². The summed E-state index contributed by atoms with van der Waals surface area (Å²) in [6.07, 6.45) is 2.79. The molecule has 1 aromatic heterocycles. The first-order valence-electron chi connectivity index (χ1n) is 9.05. The van der Waals surface area contributed by atoms with Crippen molar-refractivity contribution < 1.29 is 14.3 Å². The van der Waals surface area contributed by atoms with Gasteiger partial charge in [-0.05, 0) is 42.3 Å². The topological polar surface area (TPSA) is 63.7 Å². The second kappa shape index (κ2) is 7.60. The number of methoxy groups -OCH3 is 2. The zero-order valence-corrected chi connectivity index (χ0v) is 15.8. The van der Waals surface area contributed by atoms with Crippen LogP contribution in [-0.4, -0.2) is 31.7 Å². The summed E-state index contributed by atoms with van der Waals surface area (Å²) in [5, 5.41) is 2.82. The minimum Gasteiger partial charge on any atom is -0.496 e. The van der Waals surface area contributed by atoms with Crippen LogP contribution in [0.15, 0.2) is 60.8 Å². The number of aromatic nitrogens is 1. The first kappa shape index (κ1) is 17.9. The molecule has 0 saturated heterocycles. The number of hydrogen-bond acceptors (Lipinski definition) is 5. The fourth-order valence-corrected chi connectivity index (χ4v) is 3.48. The number of ether oxygens (including phenoxy) is 2. The van der Waals surface area contributed by atoms with E-state index in [9.17, 15) is 4.79 Å². The number of benzene rings is 2. The van der Waals surface area contributed by atoms with Gasteiger partial charge in [-0.25, -0.2) is 4.98 Å². The molecule has 3 aromatic rings. The molecule has 6 heteroatoms. The van der Waals surface area contributed by atoms with E-state index >= 15 is 0 Å². The number of anilines is 3. The zero-order chi connectivity index (χ0) is 19.5. The standard InChI is InChI=1S/C22H21N3O3/c1-27-18-8-5-9-19(28-2)21(18)22(26)24-20-11-10-16(14-23-20)25-13-12-15-6-3-4-7-17(15)25/h3-11,14H,12-13H2,1-2H3,(H,23,24,26). The van der Waals surface area contributed by atoms with Crippen molar-refractivity contribution in [2.45, 2.75) is 6.42 Å². The fraction of sp³-hybridized carbons (Fsp3) is 0.182. The van der Waals surface area contributed by atoms with Crippen LogP contribution >= 0.6 is 0 Å². The van der Waals surface area contributed by atoms with E-state index in [-0.39, 0.29) is 5.91 Å². The summed E-state index contributed by atoms with van der Waals surface area (Å²) in [5.74, 6) is 1.03. The molecular formula is C22H21N3O3. The summed E-state index contributed by atoms with van der Waals surface area (Å²) in [4.78, 5) is 19.4. The van der Waals surface area contributed by atoms with Gasteiger partial charge in [0, 0.05) is 12.2 Å². The molecule has 28 heavy (non-hydrogen) atoms. The predicted molar refractivity (Wildman–Crippen MR) is 109 cm³/mol. The molecule has 4 rings (SSSR count). The summed E-state index contributed by atoms with van der Waals surface area (Å²) in [5.41, 5.74) is 3.88. The minimum atomic E-state index is -0.332. The Morgan fingerprint density at radius 2 is 1.75 bits per heavy atom. The van der Waals surface area contributed by atoms with Crippen LogP contribution in [0.25, 0.3) is 0 Å². The highest BCUT2D eigenvalue weighted by Crippen LogP contribution is 2.34. The van der Waals surface area contributed by atoms with Gasteiger partial charge in [0.1, 0.15) is 22.9 Å². The summed E-state index contributed by atoms with van der Waals surface area (Å²) in [7, 11) is 3.04. The molecule has 0 saturated carbocycles. The predicted octanol–water partition coefficient (Wildman–Crippen LogP) is 4.05. The molecule has 1 aliphatic heterocycles. The van der Waals surface area contributed by atoms with Crippen LogP contribution in [0, 0.1) is 0 Å². The zero-order valence-electron chi connectivity index (χ0n) is 15.8. The second-order valence-electron chi connectivity index (χ2n) is 6.42. The lowest BCUT2D eigenvalue weighted by molar-refractivity contribution is 0.102. The molecule has 0 spiro atoms. The van der Waals surface area contributed by atoms with Crippen molar-refractivity contribution in [3.63, 3.8) is 0 Å². The molecular weight excluding hydrogens is 354 g/mol. The molecule has 0 atom stereocenters. The van der Waals surface area contributed by atoms with Gasteiger partial charge >= 0.3 is 0 Å². The molecule has 142 valence electrons. The first-order valence-corrected chi connectivity index (χ1v) is 9.05. The lowest BCUT2D eigenvalue weighted by Gasteiger charge is -2.19. The number of carbonyl (C=O) groups is 1. The average Bonchev–Trinajstić information content (AvgIpc) is 3.17. The van der Waals surface area contributed by atoms with Gasteiger partial charge in [0.2, 0.25) is 0 Å². The largest absolute Gasteiger partial charge is 0.496 e. The quantitative estimate of drug-likeness (QED) is 0.729. The first-order chi connectivity index (χ1) is 13.7. The Labute approximate surface area is 163 Å². The van der Waals surface area contributed by atoms with E-state index in [0.29, 0.717) is 22.9 Å². The van der Waals surface area contributed by atoms with E-state index in [2.05, 4.69) is 33.4 Å². The van der Waals surface area contributed by atoms with Crippen molar-refractivity contribution in [2.75, 3.05) is 31.0 Å². The van der Waals surface area contributed by atoms with E-state index in [1.165, 1.54) is 25.5 Å². The Kier molecular flexibility index (Phi) is 4.85. The Bertz CT molecular complexity index is 980. The number of rotatable bonds is 5. The maximum Gasteiger partial charge on any atom is 0.264 e. The van der Waals surface area contributed by atoms with Crippen LogP contribution in [0.5, 0.6) is 11.5 Å². The van der Waals surface area contributed by atoms with E-state index in [0.717, 1.165) is 18.7 Å². The van der Waals surface area contributed by atoms with Crippen LogP contribution in [-0.2, 0) is 6.42 Å². The number of nitrogens with one attached hydrogen (secondary N) is 1. The van der Waals surface area contributed by atoms with E-state index in [1.54, 1.807) is 30.5 Å². The van der Waals surface area contributed by atoms with Crippen molar-refractivity contribution >= 4 is 23.1 Å². The maximum absolute atomic E-state index is 12.8. The summed E-state index contributed by atoms with van der Waals surface area (Å²) in [6, 6.07) is 17.3. The van der Waals surface area contributed by atoms with E-state index < -0.39 is 0 Å². The highest BCUT2D eigenvalue weighted by molar-refractivity contribution is 6.07. The summed E-state index contributed by atoms with van der Waals surface area (Å²) >= 11 is 0. The molecule has 0 unspecified atom stereocenters. The number of para-hydroxylation sites is 1. The smallest absolute Gasteiger partial charge is 0.264 e. The highest BCUT2D eigenvalue weighted by Gasteiger charge is 2.21. The molecule has 2 aromatic carbocycles. The van der Waals surface area contributed by atoms with E-state index in [4.69, 9.17) is 9.47 Å². The molecule has 0 radical (unpaired) electrons. The monoisotopic (exact) mass is 375 g/mol.